The largest absolute Gasteiger partial charge is 0.390 e. The van der Waals surface area contributed by atoms with Gasteiger partial charge in [-0.1, -0.05) is 25.7 Å². The highest BCUT2D eigenvalue weighted by molar-refractivity contribution is 8.00. The zero-order valence-corrected chi connectivity index (χ0v) is 35.5. The van der Waals surface area contributed by atoms with Crippen LogP contribution < -0.4 is 21.3 Å². The van der Waals surface area contributed by atoms with Crippen LogP contribution in [0, 0.1) is 11.8 Å². The molecule has 4 amide bonds. The second-order valence-corrected chi connectivity index (χ2v) is 19.2. The fourth-order valence-electron chi connectivity index (χ4n) is 8.72. The van der Waals surface area contributed by atoms with Gasteiger partial charge in [0, 0.05) is 85.2 Å². The Morgan fingerprint density at radius 1 is 0.586 bits per heavy atom. The van der Waals surface area contributed by atoms with Crippen LogP contribution in [0.1, 0.15) is 141 Å². The van der Waals surface area contributed by atoms with Crippen LogP contribution in [0.15, 0.2) is 0 Å². The maximum Gasteiger partial charge on any atom is 0.315 e. The number of Topliss-reactive ketones (excluding diaryl/α,β-unsaturated/α-hetero) is 4. The van der Waals surface area contributed by atoms with Crippen molar-refractivity contribution in [1.82, 2.24) is 21.3 Å². The summed E-state index contributed by atoms with van der Waals surface area (Å²) in [5.41, 5.74) is 0. The second kappa shape index (κ2) is 25.7. The number of carbonyl (C=O) groups is 8. The fraction of sp³-hybridized carbons (Fsp3) is 0.810. The molecule has 16 heteroatoms. The molecule has 5 aliphatic rings. The quantitative estimate of drug-likeness (QED) is 0.0363. The van der Waals surface area contributed by atoms with Crippen molar-refractivity contribution < 1.29 is 48.6 Å². The SMILES string of the molecule is O=C(CCCCCC(=O)C1CC(O)C(O)C1)CCCC[C@@H]1SC[C@@H]2NC(=O)N[C@@H]21.O=CCC(CC=O)C(=O)CCCCCC(=O)CCCC[C@@H]1SC[C@@H]2NC(=O)N[C@@H]21. The van der Waals surface area contributed by atoms with E-state index in [2.05, 4.69) is 21.3 Å². The molecule has 4 heterocycles. The lowest BCUT2D eigenvalue weighted by molar-refractivity contribution is -0.126. The van der Waals surface area contributed by atoms with Crippen LogP contribution in [-0.2, 0) is 28.8 Å². The molecule has 326 valence electrons. The highest BCUT2D eigenvalue weighted by Crippen LogP contribution is 2.34. The lowest BCUT2D eigenvalue weighted by Crippen LogP contribution is -2.36. The Kier molecular flexibility index (Phi) is 21.2. The van der Waals surface area contributed by atoms with Crippen LogP contribution in [-0.4, -0.2) is 116 Å². The molecule has 0 aromatic rings. The van der Waals surface area contributed by atoms with Gasteiger partial charge in [-0.15, -0.1) is 0 Å². The topological polar surface area (TPSA) is 225 Å². The molecular weight excluding hydrogens is 785 g/mol. The Labute approximate surface area is 351 Å². The first-order valence-corrected chi connectivity index (χ1v) is 23.8. The van der Waals surface area contributed by atoms with Gasteiger partial charge in [-0.3, -0.25) is 19.2 Å². The van der Waals surface area contributed by atoms with E-state index in [1.165, 1.54) is 0 Å². The maximum atomic E-state index is 12.1. The van der Waals surface area contributed by atoms with E-state index in [-0.39, 0.29) is 72.3 Å². The van der Waals surface area contributed by atoms with E-state index in [4.69, 9.17) is 0 Å². The van der Waals surface area contributed by atoms with E-state index in [9.17, 15) is 48.6 Å². The van der Waals surface area contributed by atoms with Gasteiger partial charge in [-0.2, -0.15) is 23.5 Å². The van der Waals surface area contributed by atoms with E-state index in [1.54, 1.807) is 0 Å². The Hall–Kier alpha value is -2.82. The number of amides is 4. The zero-order chi connectivity index (χ0) is 41.9. The third-order valence-electron chi connectivity index (χ3n) is 12.2. The van der Waals surface area contributed by atoms with Crippen molar-refractivity contribution in [2.75, 3.05) is 11.5 Å². The number of rotatable bonds is 28. The standard InChI is InChI=1S/C21H34N2O5S.C21H32N2O5S/c24-14(6-2-1-3-8-16(25)13-10-17(26)18(27)11-13)7-4-5-9-19-20-15(12-29-19)22-21(28)23-20;24-12-10-15(11-13-25)18(27)8-3-1-2-6-16(26)7-4-5-9-19-20-17(14-29-19)22-21(28)23-20/h13,15,17-20,26-27H,1-12H2,(H2,22,23,28);12-13,15,17,19-20H,1-11,14H2,(H2,22,23,28)/t13?,15-,17?,18?,19-,20-;17-,19-,20-/m00/s1. The molecule has 0 spiro atoms. The van der Waals surface area contributed by atoms with Crippen molar-refractivity contribution >= 4 is 71.3 Å². The number of hydrogen-bond donors (Lipinski definition) is 6. The molecule has 58 heavy (non-hydrogen) atoms. The molecule has 1 saturated carbocycles. The Balaban J connectivity index is 0.000000257. The van der Waals surface area contributed by atoms with E-state index in [1.807, 2.05) is 23.5 Å². The molecule has 4 aliphatic heterocycles. The van der Waals surface area contributed by atoms with Crippen molar-refractivity contribution in [3.63, 3.8) is 0 Å². The average Bonchev–Trinajstić information content (AvgIpc) is 4.01. The molecule has 14 nitrogen and oxygen atoms in total. The smallest absolute Gasteiger partial charge is 0.315 e. The van der Waals surface area contributed by atoms with Gasteiger partial charge in [0.1, 0.15) is 35.7 Å². The number of thioether (sulfide) groups is 2. The monoisotopic (exact) mass is 850 g/mol. The minimum absolute atomic E-state index is 0.0313. The fourth-order valence-corrected chi connectivity index (χ4v) is 11.8. The summed E-state index contributed by atoms with van der Waals surface area (Å²) in [6.07, 6.45) is 14.6. The number of aliphatic hydroxyl groups excluding tert-OH is 2. The van der Waals surface area contributed by atoms with Crippen LogP contribution in [0.2, 0.25) is 0 Å². The predicted molar refractivity (Wildman–Crippen MR) is 224 cm³/mol. The Morgan fingerprint density at radius 3 is 1.45 bits per heavy atom. The summed E-state index contributed by atoms with van der Waals surface area (Å²) in [6.45, 7) is 0. The number of carbonyl (C=O) groups excluding carboxylic acids is 8. The van der Waals surface area contributed by atoms with Crippen LogP contribution in [0.3, 0.4) is 0 Å². The molecule has 0 bridgehead atoms. The summed E-state index contributed by atoms with van der Waals surface area (Å²) in [4.78, 5) is 92.0. The zero-order valence-electron chi connectivity index (χ0n) is 33.9. The minimum atomic E-state index is -0.760. The summed E-state index contributed by atoms with van der Waals surface area (Å²) < 4.78 is 0. The Morgan fingerprint density at radius 2 is 1.00 bits per heavy atom. The summed E-state index contributed by atoms with van der Waals surface area (Å²) in [5, 5.41) is 31.8. The van der Waals surface area contributed by atoms with Gasteiger partial charge in [0.2, 0.25) is 0 Å². The lowest BCUT2D eigenvalue weighted by Gasteiger charge is -2.16. The van der Waals surface area contributed by atoms with E-state index < -0.39 is 18.1 Å². The van der Waals surface area contributed by atoms with Crippen LogP contribution in [0.4, 0.5) is 9.59 Å². The van der Waals surface area contributed by atoms with Crippen molar-refractivity contribution in [1.29, 1.82) is 0 Å². The summed E-state index contributed by atoms with van der Waals surface area (Å²) >= 11 is 3.81. The van der Waals surface area contributed by atoms with Crippen molar-refractivity contribution in [3.05, 3.63) is 0 Å². The average molecular weight is 851 g/mol. The highest BCUT2D eigenvalue weighted by atomic mass is 32.2. The number of fused-ring (bicyclic) bond motifs is 2. The summed E-state index contributed by atoms with van der Waals surface area (Å²) in [5.74, 6) is 1.91. The first-order chi connectivity index (χ1) is 28.0. The van der Waals surface area contributed by atoms with Gasteiger partial charge < -0.3 is 41.1 Å². The third kappa shape index (κ3) is 16.0. The van der Waals surface area contributed by atoms with Gasteiger partial charge in [0.05, 0.1) is 36.4 Å². The minimum Gasteiger partial charge on any atom is -0.390 e. The van der Waals surface area contributed by atoms with Crippen LogP contribution in [0.25, 0.3) is 0 Å². The molecule has 0 radical (unpaired) electrons. The molecule has 2 unspecified atom stereocenters. The van der Waals surface area contributed by atoms with Gasteiger partial charge >= 0.3 is 12.1 Å². The van der Waals surface area contributed by atoms with Crippen LogP contribution in [0.5, 0.6) is 0 Å². The van der Waals surface area contributed by atoms with Gasteiger partial charge in [-0.25, -0.2) is 9.59 Å². The number of aliphatic hydroxyl groups is 2. The summed E-state index contributed by atoms with van der Waals surface area (Å²) in [6, 6.07) is 0.851. The summed E-state index contributed by atoms with van der Waals surface area (Å²) in [7, 11) is 0. The number of ketones is 4. The normalized spacial score (nSPS) is 28.1. The maximum absolute atomic E-state index is 12.1. The molecular formula is C42H66N4O10S2. The lowest BCUT2D eigenvalue weighted by atomic mass is 9.93. The van der Waals surface area contributed by atoms with Crippen molar-refractivity contribution in [2.45, 2.75) is 188 Å². The van der Waals surface area contributed by atoms with E-state index >= 15 is 0 Å². The van der Waals surface area contributed by atoms with Crippen molar-refractivity contribution in [3.8, 4) is 0 Å². The van der Waals surface area contributed by atoms with Gasteiger partial charge in [-0.05, 0) is 64.2 Å². The predicted octanol–water partition coefficient (Wildman–Crippen LogP) is 4.53. The number of aldehydes is 2. The van der Waals surface area contributed by atoms with E-state index in [0.717, 1.165) is 82.1 Å². The number of nitrogens with one attached hydrogen (secondary N) is 4. The van der Waals surface area contributed by atoms with Gasteiger partial charge in [0.25, 0.3) is 0 Å². The van der Waals surface area contributed by atoms with Gasteiger partial charge in [0.15, 0.2) is 0 Å². The highest BCUT2D eigenvalue weighted by Gasteiger charge is 2.43. The number of hydrogen-bond acceptors (Lipinski definition) is 12. The molecule has 5 rings (SSSR count). The molecule has 1 aliphatic carbocycles. The van der Waals surface area contributed by atoms with Crippen LogP contribution >= 0.6 is 23.5 Å². The molecule has 6 N–H and O–H groups in total. The third-order valence-corrected chi connectivity index (χ3v) is 15.2. The molecule has 8 atom stereocenters. The van der Waals surface area contributed by atoms with Crippen molar-refractivity contribution in [2.24, 2.45) is 11.8 Å². The Bertz CT molecular complexity index is 1380. The molecule has 4 saturated heterocycles. The second-order valence-electron chi connectivity index (χ2n) is 16.7. The first kappa shape index (κ1) is 47.9. The number of urea groups is 2. The first-order valence-electron chi connectivity index (χ1n) is 21.7. The van der Waals surface area contributed by atoms with E-state index in [0.29, 0.717) is 86.6 Å². The molecule has 5 fully saturated rings. The molecule has 0 aromatic carbocycles. The molecule has 0 aromatic heterocycles. The number of unbranched alkanes of at least 4 members (excludes halogenated alkanes) is 6.